The molecule has 0 aromatic carbocycles. The van der Waals surface area contributed by atoms with Gasteiger partial charge in [0.25, 0.3) is 5.91 Å². The van der Waals surface area contributed by atoms with Crippen molar-refractivity contribution in [3.63, 3.8) is 0 Å². The van der Waals surface area contributed by atoms with Crippen molar-refractivity contribution in [1.82, 2.24) is 10.3 Å². The molecule has 1 unspecified atom stereocenters. The van der Waals surface area contributed by atoms with Crippen LogP contribution in [0.1, 0.15) is 50.4 Å². The fourth-order valence-electron chi connectivity index (χ4n) is 2.52. The molecule has 1 aliphatic heterocycles. The number of aliphatic hydroxyl groups excluding tert-OH is 1. The highest BCUT2D eigenvalue weighted by Crippen LogP contribution is 2.22. The van der Waals surface area contributed by atoms with Crippen LogP contribution in [0.15, 0.2) is 18.3 Å². The highest BCUT2D eigenvalue weighted by atomic mass is 16.3. The topological polar surface area (TPSA) is 65.5 Å². The summed E-state index contributed by atoms with van der Waals surface area (Å²) in [5, 5.41) is 12.9. The predicted molar refractivity (Wildman–Crippen MR) is 88.1 cm³/mol. The van der Waals surface area contributed by atoms with Crippen molar-refractivity contribution in [2.24, 2.45) is 5.41 Å². The zero-order valence-corrected chi connectivity index (χ0v) is 13.8. The number of carbonyl (C=O) groups is 1. The molecule has 1 fully saturated rings. The summed E-state index contributed by atoms with van der Waals surface area (Å²) in [6, 6.07) is 3.58. The smallest absolute Gasteiger partial charge is 0.255 e. The second kappa shape index (κ2) is 7.09. The number of amides is 1. The molecule has 0 spiro atoms. The van der Waals surface area contributed by atoms with Gasteiger partial charge in [0.1, 0.15) is 5.82 Å². The van der Waals surface area contributed by atoms with Gasteiger partial charge in [-0.05, 0) is 36.8 Å². The molecule has 0 aliphatic carbocycles. The second-order valence-corrected chi connectivity index (χ2v) is 7.01. The minimum Gasteiger partial charge on any atom is -0.391 e. The fraction of sp³-hybridized carbons (Fsp3) is 0.647. The van der Waals surface area contributed by atoms with Crippen molar-refractivity contribution in [2.75, 3.05) is 24.5 Å². The summed E-state index contributed by atoms with van der Waals surface area (Å²) in [6.07, 6.45) is 4.67. The standard InChI is InChI=1S/C17H27N3O2/c1-17(2,3)14(21)12-19-16(22)13-8-7-9-18-15(13)20-10-5-4-6-11-20/h7-9,14,21H,4-6,10-12H2,1-3H3,(H,19,22). The van der Waals surface area contributed by atoms with E-state index in [1.807, 2.05) is 20.8 Å². The molecule has 122 valence electrons. The van der Waals surface area contributed by atoms with Crippen LogP contribution in [0.5, 0.6) is 0 Å². The van der Waals surface area contributed by atoms with Gasteiger partial charge in [-0.3, -0.25) is 4.79 Å². The van der Waals surface area contributed by atoms with Crippen LogP contribution in [-0.4, -0.2) is 41.7 Å². The summed E-state index contributed by atoms with van der Waals surface area (Å²) in [5.74, 6) is 0.585. The molecular weight excluding hydrogens is 278 g/mol. The number of hydrogen-bond donors (Lipinski definition) is 2. The van der Waals surface area contributed by atoms with Crippen molar-refractivity contribution in [3.8, 4) is 0 Å². The molecule has 1 amide bonds. The summed E-state index contributed by atoms with van der Waals surface area (Å²) < 4.78 is 0. The lowest BCUT2D eigenvalue weighted by atomic mass is 9.89. The fourth-order valence-corrected chi connectivity index (χ4v) is 2.52. The van der Waals surface area contributed by atoms with Gasteiger partial charge in [-0.25, -0.2) is 4.98 Å². The largest absolute Gasteiger partial charge is 0.391 e. The molecule has 1 aromatic rings. The van der Waals surface area contributed by atoms with Crippen molar-refractivity contribution in [2.45, 2.75) is 46.1 Å². The maximum atomic E-state index is 12.5. The first-order valence-corrected chi connectivity index (χ1v) is 8.06. The van der Waals surface area contributed by atoms with Gasteiger partial charge in [-0.1, -0.05) is 20.8 Å². The van der Waals surface area contributed by atoms with E-state index in [0.717, 1.165) is 31.7 Å². The third-order valence-corrected chi connectivity index (χ3v) is 4.14. The quantitative estimate of drug-likeness (QED) is 0.895. The molecule has 5 nitrogen and oxygen atoms in total. The van der Waals surface area contributed by atoms with E-state index in [1.54, 1.807) is 18.3 Å². The Morgan fingerprint density at radius 2 is 2.05 bits per heavy atom. The first-order valence-electron chi connectivity index (χ1n) is 8.06. The Kier molecular flexibility index (Phi) is 5.40. The van der Waals surface area contributed by atoms with Crippen LogP contribution >= 0.6 is 0 Å². The van der Waals surface area contributed by atoms with Gasteiger partial charge in [-0.2, -0.15) is 0 Å². The molecular formula is C17H27N3O2. The van der Waals surface area contributed by atoms with Crippen LogP contribution < -0.4 is 10.2 Å². The number of hydrogen-bond acceptors (Lipinski definition) is 4. The van der Waals surface area contributed by atoms with Crippen molar-refractivity contribution >= 4 is 11.7 Å². The van der Waals surface area contributed by atoms with E-state index < -0.39 is 6.10 Å². The average Bonchev–Trinajstić information content (AvgIpc) is 2.52. The molecule has 5 heteroatoms. The maximum absolute atomic E-state index is 12.5. The van der Waals surface area contributed by atoms with Gasteiger partial charge in [0.2, 0.25) is 0 Å². The highest BCUT2D eigenvalue weighted by molar-refractivity contribution is 5.98. The molecule has 1 aliphatic rings. The van der Waals surface area contributed by atoms with Crippen LogP contribution in [0.3, 0.4) is 0 Å². The third-order valence-electron chi connectivity index (χ3n) is 4.14. The van der Waals surface area contributed by atoms with Gasteiger partial charge >= 0.3 is 0 Å². The summed E-state index contributed by atoms with van der Waals surface area (Å²) in [7, 11) is 0. The van der Waals surface area contributed by atoms with Crippen LogP contribution in [-0.2, 0) is 0 Å². The Balaban J connectivity index is 2.06. The number of pyridine rings is 1. The molecule has 2 N–H and O–H groups in total. The van der Waals surface area contributed by atoms with E-state index >= 15 is 0 Å². The summed E-state index contributed by atoms with van der Waals surface area (Å²) >= 11 is 0. The number of nitrogens with zero attached hydrogens (tertiary/aromatic N) is 2. The van der Waals surface area contributed by atoms with Crippen LogP contribution in [0.4, 0.5) is 5.82 Å². The molecule has 1 saturated heterocycles. The summed E-state index contributed by atoms with van der Waals surface area (Å²) in [6.45, 7) is 7.99. The second-order valence-electron chi connectivity index (χ2n) is 7.01. The highest BCUT2D eigenvalue weighted by Gasteiger charge is 2.24. The van der Waals surface area contributed by atoms with Gasteiger partial charge in [-0.15, -0.1) is 0 Å². The minimum absolute atomic E-state index is 0.169. The number of rotatable bonds is 4. The van der Waals surface area contributed by atoms with Gasteiger partial charge < -0.3 is 15.3 Å². The molecule has 1 atom stereocenters. The van der Waals surface area contributed by atoms with Crippen LogP contribution in [0, 0.1) is 5.41 Å². The Morgan fingerprint density at radius 1 is 1.36 bits per heavy atom. The molecule has 0 saturated carbocycles. The molecule has 2 rings (SSSR count). The van der Waals surface area contributed by atoms with E-state index in [0.29, 0.717) is 5.56 Å². The zero-order chi connectivity index (χ0) is 16.2. The first-order chi connectivity index (χ1) is 10.4. The van der Waals surface area contributed by atoms with Crippen molar-refractivity contribution < 1.29 is 9.90 Å². The van der Waals surface area contributed by atoms with Gasteiger partial charge in [0, 0.05) is 25.8 Å². The Labute approximate surface area is 132 Å². The molecule has 22 heavy (non-hydrogen) atoms. The molecule has 1 aromatic heterocycles. The zero-order valence-electron chi connectivity index (χ0n) is 13.8. The van der Waals surface area contributed by atoms with E-state index in [1.165, 1.54) is 6.42 Å². The summed E-state index contributed by atoms with van der Waals surface area (Å²) in [4.78, 5) is 19.0. The maximum Gasteiger partial charge on any atom is 0.255 e. The number of anilines is 1. The van der Waals surface area contributed by atoms with Gasteiger partial charge in [0.05, 0.1) is 11.7 Å². The van der Waals surface area contributed by atoms with E-state index in [9.17, 15) is 9.90 Å². The number of nitrogens with one attached hydrogen (secondary N) is 1. The molecule has 2 heterocycles. The first kappa shape index (κ1) is 16.7. The SMILES string of the molecule is CC(C)(C)C(O)CNC(=O)c1cccnc1N1CCCCC1. The lowest BCUT2D eigenvalue weighted by Crippen LogP contribution is -2.40. The predicted octanol–water partition coefficient (Wildman–Crippen LogP) is 2.21. The number of aliphatic hydroxyl groups is 1. The lowest BCUT2D eigenvalue weighted by molar-refractivity contribution is 0.0587. The monoisotopic (exact) mass is 305 g/mol. The summed E-state index contributed by atoms with van der Waals surface area (Å²) in [5.41, 5.74) is 0.336. The van der Waals surface area contributed by atoms with E-state index in [-0.39, 0.29) is 17.9 Å². The Morgan fingerprint density at radius 3 is 2.68 bits per heavy atom. The minimum atomic E-state index is -0.577. The van der Waals surface area contributed by atoms with Crippen molar-refractivity contribution in [3.05, 3.63) is 23.9 Å². The Hall–Kier alpha value is -1.62. The normalized spacial score (nSPS) is 17.2. The lowest BCUT2D eigenvalue weighted by Gasteiger charge is -2.29. The van der Waals surface area contributed by atoms with E-state index in [2.05, 4.69) is 15.2 Å². The molecule has 0 bridgehead atoms. The number of carbonyl (C=O) groups excluding carboxylic acids is 1. The third kappa shape index (κ3) is 4.19. The average molecular weight is 305 g/mol. The number of piperidine rings is 1. The van der Waals surface area contributed by atoms with Crippen LogP contribution in [0.25, 0.3) is 0 Å². The van der Waals surface area contributed by atoms with Crippen LogP contribution in [0.2, 0.25) is 0 Å². The Bertz CT molecular complexity index is 505. The van der Waals surface area contributed by atoms with Gasteiger partial charge in [0.15, 0.2) is 0 Å². The van der Waals surface area contributed by atoms with Crippen molar-refractivity contribution in [1.29, 1.82) is 0 Å². The molecule has 0 radical (unpaired) electrons. The van der Waals surface area contributed by atoms with E-state index in [4.69, 9.17) is 0 Å². The number of aromatic nitrogens is 1.